The van der Waals surface area contributed by atoms with Crippen LogP contribution in [0.5, 0.6) is 0 Å². The minimum atomic E-state index is -3.37. The van der Waals surface area contributed by atoms with Crippen molar-refractivity contribution in [3.63, 3.8) is 0 Å². The van der Waals surface area contributed by atoms with Gasteiger partial charge in [0, 0.05) is 17.8 Å². The molecule has 2 aromatic carbocycles. The van der Waals surface area contributed by atoms with E-state index in [0.29, 0.717) is 24.2 Å². The first-order valence-corrected chi connectivity index (χ1v) is 10.8. The van der Waals surface area contributed by atoms with Crippen LogP contribution in [0.2, 0.25) is 0 Å². The van der Waals surface area contributed by atoms with Crippen LogP contribution >= 0.6 is 0 Å². The Hall–Kier alpha value is -2.34. The Morgan fingerprint density at radius 3 is 2.33 bits per heavy atom. The highest BCUT2D eigenvalue weighted by molar-refractivity contribution is 7.92. The Bertz CT molecular complexity index is 898. The number of carbonyl (C=O) groups excluding carboxylic acids is 1. The zero-order valence-electron chi connectivity index (χ0n) is 16.4. The number of hydrogen-bond acceptors (Lipinski definition) is 3. The molecule has 2 aromatic rings. The smallest absolute Gasteiger partial charge is 0.251 e. The molecule has 2 rings (SSSR count). The lowest BCUT2D eigenvalue weighted by Gasteiger charge is -2.12. The first kappa shape index (κ1) is 21.0. The van der Waals surface area contributed by atoms with Gasteiger partial charge in [0.15, 0.2) is 0 Å². The van der Waals surface area contributed by atoms with Gasteiger partial charge in [0.2, 0.25) is 10.0 Å². The summed E-state index contributed by atoms with van der Waals surface area (Å²) in [5.74, 6) is -0.160. The van der Waals surface area contributed by atoms with Gasteiger partial charge < -0.3 is 5.32 Å². The van der Waals surface area contributed by atoms with Crippen molar-refractivity contribution >= 4 is 21.6 Å². The molecule has 0 atom stereocenters. The number of aryl methyl sites for hydroxylation is 3. The fourth-order valence-electron chi connectivity index (χ4n) is 3.23. The molecule has 0 unspecified atom stereocenters. The molecular formula is C21H28N2O3S. The number of anilines is 1. The standard InChI is InChI=1S/C21H28N2O3S/c1-5-11-27(25,26)23-19-8-6-7-18(14-19)21(24)22-10-9-20-16(3)12-15(2)13-17(20)4/h6-8,12-14,23H,5,9-11H2,1-4H3,(H,22,24). The molecule has 0 spiro atoms. The van der Waals surface area contributed by atoms with Gasteiger partial charge in [-0.1, -0.05) is 30.7 Å². The van der Waals surface area contributed by atoms with Gasteiger partial charge in [0.25, 0.3) is 5.91 Å². The van der Waals surface area contributed by atoms with Gasteiger partial charge in [-0.2, -0.15) is 0 Å². The minimum absolute atomic E-state index is 0.0542. The molecule has 1 amide bonds. The number of hydrogen-bond donors (Lipinski definition) is 2. The molecule has 0 bridgehead atoms. The highest BCUT2D eigenvalue weighted by Gasteiger charge is 2.11. The van der Waals surface area contributed by atoms with Crippen LogP contribution in [0.15, 0.2) is 36.4 Å². The number of rotatable bonds is 8. The van der Waals surface area contributed by atoms with Crippen LogP contribution in [0.25, 0.3) is 0 Å². The molecule has 5 nitrogen and oxygen atoms in total. The van der Waals surface area contributed by atoms with E-state index in [0.717, 1.165) is 6.42 Å². The Balaban J connectivity index is 2.00. The van der Waals surface area contributed by atoms with Crippen LogP contribution in [0, 0.1) is 20.8 Å². The summed E-state index contributed by atoms with van der Waals surface area (Å²) in [5, 5.41) is 2.92. The number of nitrogens with one attached hydrogen (secondary N) is 2. The van der Waals surface area contributed by atoms with E-state index in [-0.39, 0.29) is 11.7 Å². The van der Waals surface area contributed by atoms with E-state index < -0.39 is 10.0 Å². The Labute approximate surface area is 162 Å². The molecular weight excluding hydrogens is 360 g/mol. The number of sulfonamides is 1. The van der Waals surface area contributed by atoms with E-state index in [2.05, 4.69) is 42.9 Å². The Morgan fingerprint density at radius 1 is 1.04 bits per heavy atom. The van der Waals surface area contributed by atoms with Crippen LogP contribution < -0.4 is 10.0 Å². The van der Waals surface area contributed by atoms with Gasteiger partial charge in [-0.25, -0.2) is 8.42 Å². The van der Waals surface area contributed by atoms with Crippen molar-refractivity contribution in [1.29, 1.82) is 0 Å². The summed E-state index contributed by atoms with van der Waals surface area (Å²) in [6.45, 7) is 8.58. The quantitative estimate of drug-likeness (QED) is 0.723. The van der Waals surface area contributed by atoms with Gasteiger partial charge >= 0.3 is 0 Å². The van der Waals surface area contributed by atoms with Crippen molar-refractivity contribution in [2.45, 2.75) is 40.5 Å². The molecule has 0 saturated heterocycles. The molecule has 0 aliphatic heterocycles. The second kappa shape index (κ2) is 9.04. The molecule has 0 fully saturated rings. The maximum atomic E-state index is 12.4. The lowest BCUT2D eigenvalue weighted by molar-refractivity contribution is 0.0954. The lowest BCUT2D eigenvalue weighted by Crippen LogP contribution is -2.26. The van der Waals surface area contributed by atoms with Gasteiger partial charge in [-0.3, -0.25) is 9.52 Å². The van der Waals surface area contributed by atoms with Gasteiger partial charge in [0.05, 0.1) is 5.75 Å². The average molecular weight is 389 g/mol. The fourth-order valence-corrected chi connectivity index (χ4v) is 4.36. The average Bonchev–Trinajstić information content (AvgIpc) is 2.56. The monoisotopic (exact) mass is 388 g/mol. The molecule has 146 valence electrons. The lowest BCUT2D eigenvalue weighted by atomic mass is 9.97. The minimum Gasteiger partial charge on any atom is -0.352 e. The van der Waals surface area contributed by atoms with Crippen molar-refractivity contribution in [3.05, 3.63) is 64.2 Å². The molecule has 0 saturated carbocycles. The largest absolute Gasteiger partial charge is 0.352 e. The number of amides is 1. The third-order valence-electron chi connectivity index (χ3n) is 4.37. The first-order chi connectivity index (χ1) is 12.7. The van der Waals surface area contributed by atoms with E-state index in [9.17, 15) is 13.2 Å². The van der Waals surface area contributed by atoms with Gasteiger partial charge in [-0.05, 0) is 68.5 Å². The van der Waals surface area contributed by atoms with Crippen molar-refractivity contribution in [2.75, 3.05) is 17.0 Å². The summed E-state index contributed by atoms with van der Waals surface area (Å²) < 4.78 is 26.3. The zero-order valence-corrected chi connectivity index (χ0v) is 17.2. The maximum Gasteiger partial charge on any atom is 0.251 e. The molecule has 0 radical (unpaired) electrons. The second-order valence-corrected chi connectivity index (χ2v) is 8.73. The molecule has 0 aromatic heterocycles. The normalized spacial score (nSPS) is 11.3. The van der Waals surface area contributed by atoms with E-state index >= 15 is 0 Å². The van der Waals surface area contributed by atoms with Crippen LogP contribution in [0.1, 0.15) is 46.0 Å². The highest BCUT2D eigenvalue weighted by atomic mass is 32.2. The highest BCUT2D eigenvalue weighted by Crippen LogP contribution is 2.17. The SMILES string of the molecule is CCCS(=O)(=O)Nc1cccc(C(=O)NCCc2c(C)cc(C)cc2C)c1. The topological polar surface area (TPSA) is 75.3 Å². The van der Waals surface area contributed by atoms with Crippen molar-refractivity contribution in [2.24, 2.45) is 0 Å². The molecule has 2 N–H and O–H groups in total. The molecule has 6 heteroatoms. The van der Waals surface area contributed by atoms with Crippen LogP contribution in [-0.2, 0) is 16.4 Å². The predicted molar refractivity (Wildman–Crippen MR) is 111 cm³/mol. The van der Waals surface area contributed by atoms with Crippen LogP contribution in [-0.4, -0.2) is 26.6 Å². The van der Waals surface area contributed by atoms with Crippen molar-refractivity contribution < 1.29 is 13.2 Å². The summed E-state index contributed by atoms with van der Waals surface area (Å²) in [6, 6.07) is 10.8. The summed E-state index contributed by atoms with van der Waals surface area (Å²) in [4.78, 5) is 12.4. The van der Waals surface area contributed by atoms with Gasteiger partial charge in [-0.15, -0.1) is 0 Å². The van der Waals surface area contributed by atoms with Crippen LogP contribution in [0.3, 0.4) is 0 Å². The third kappa shape index (κ3) is 6.10. The number of carbonyl (C=O) groups is 1. The first-order valence-electron chi connectivity index (χ1n) is 9.17. The summed E-state index contributed by atoms with van der Waals surface area (Å²) >= 11 is 0. The van der Waals surface area contributed by atoms with Crippen molar-refractivity contribution in [1.82, 2.24) is 5.32 Å². The summed E-state index contributed by atoms with van der Waals surface area (Å²) in [5.41, 5.74) is 5.79. The van der Waals surface area contributed by atoms with E-state index in [1.54, 1.807) is 31.2 Å². The summed E-state index contributed by atoms with van der Waals surface area (Å²) in [7, 11) is -3.37. The Kier molecular flexibility index (Phi) is 7.02. The summed E-state index contributed by atoms with van der Waals surface area (Å²) in [6.07, 6.45) is 1.29. The molecule has 0 aliphatic carbocycles. The van der Waals surface area contributed by atoms with E-state index in [4.69, 9.17) is 0 Å². The Morgan fingerprint density at radius 2 is 1.70 bits per heavy atom. The van der Waals surface area contributed by atoms with Crippen LogP contribution in [0.4, 0.5) is 5.69 Å². The fraction of sp³-hybridized carbons (Fsp3) is 0.381. The number of benzene rings is 2. The zero-order chi connectivity index (χ0) is 20.0. The van der Waals surface area contributed by atoms with E-state index in [1.165, 1.54) is 22.3 Å². The van der Waals surface area contributed by atoms with Gasteiger partial charge in [0.1, 0.15) is 0 Å². The molecule has 0 aliphatic rings. The van der Waals surface area contributed by atoms with E-state index in [1.807, 2.05) is 0 Å². The third-order valence-corrected chi connectivity index (χ3v) is 5.86. The predicted octanol–water partition coefficient (Wildman–Crippen LogP) is 3.74. The molecule has 27 heavy (non-hydrogen) atoms. The van der Waals surface area contributed by atoms with Crippen molar-refractivity contribution in [3.8, 4) is 0 Å². The molecule has 0 heterocycles. The maximum absolute atomic E-state index is 12.4. The second-order valence-electron chi connectivity index (χ2n) is 6.88.